The topological polar surface area (TPSA) is 50.1 Å². The third-order valence-corrected chi connectivity index (χ3v) is 7.17. The van der Waals surface area contributed by atoms with Crippen molar-refractivity contribution in [1.82, 2.24) is 25.1 Å². The Hall–Kier alpha value is -3.10. The molecular weight excluding hydrogens is 435 g/mol. The molecule has 0 radical (unpaired) electrons. The Morgan fingerprint density at radius 2 is 1.79 bits per heavy atom. The van der Waals surface area contributed by atoms with Gasteiger partial charge >= 0.3 is 0 Å². The molecule has 0 saturated carbocycles. The zero-order valence-electron chi connectivity index (χ0n) is 18.9. The van der Waals surface area contributed by atoms with Gasteiger partial charge in [0.15, 0.2) is 5.82 Å². The highest BCUT2D eigenvalue weighted by molar-refractivity contribution is 7.10. The van der Waals surface area contributed by atoms with Gasteiger partial charge in [-0.05, 0) is 70.6 Å². The maximum Gasteiger partial charge on any atom is 0.174 e. The quantitative estimate of drug-likeness (QED) is 0.424. The van der Waals surface area contributed by atoms with Crippen LogP contribution in [0.2, 0.25) is 0 Å². The summed E-state index contributed by atoms with van der Waals surface area (Å²) in [4.78, 5) is 6.18. The molecule has 0 bridgehead atoms. The number of nitrogens with zero attached hydrogens (tertiary/aromatic N) is 6. The molecule has 0 amide bonds. The van der Waals surface area contributed by atoms with Gasteiger partial charge in [0, 0.05) is 36.7 Å². The predicted molar refractivity (Wildman–Crippen MR) is 129 cm³/mol. The smallest absolute Gasteiger partial charge is 0.174 e. The van der Waals surface area contributed by atoms with Crippen molar-refractivity contribution in [2.24, 2.45) is 0 Å². The fourth-order valence-corrected chi connectivity index (χ4v) is 5.34. The SMILES string of the molecule is Cc1ccc(C)c(N2CCN(C(c3cccs3)c3nnnn3Cc3ccc(F)cc3)CC2)c1. The summed E-state index contributed by atoms with van der Waals surface area (Å²) in [5, 5.41) is 14.8. The molecule has 2 aromatic heterocycles. The molecule has 1 aliphatic rings. The van der Waals surface area contributed by atoms with Crippen LogP contribution in [-0.4, -0.2) is 51.3 Å². The number of hydrogen-bond donors (Lipinski definition) is 0. The van der Waals surface area contributed by atoms with Crippen LogP contribution in [0.5, 0.6) is 0 Å². The Kier molecular flexibility index (Phi) is 6.20. The zero-order valence-corrected chi connectivity index (χ0v) is 19.7. The number of tetrazole rings is 1. The van der Waals surface area contributed by atoms with Crippen molar-refractivity contribution in [3.8, 4) is 0 Å². The molecule has 5 rings (SSSR count). The molecule has 1 atom stereocenters. The summed E-state index contributed by atoms with van der Waals surface area (Å²) >= 11 is 1.73. The van der Waals surface area contributed by atoms with Crippen LogP contribution in [-0.2, 0) is 6.54 Å². The maximum atomic E-state index is 13.3. The molecule has 6 nitrogen and oxygen atoms in total. The molecular formula is C25H27FN6S. The van der Waals surface area contributed by atoms with E-state index in [2.05, 4.69) is 74.9 Å². The maximum absolute atomic E-state index is 13.3. The van der Waals surface area contributed by atoms with Crippen LogP contribution in [0.3, 0.4) is 0 Å². The van der Waals surface area contributed by atoms with E-state index < -0.39 is 0 Å². The number of rotatable bonds is 6. The second-order valence-electron chi connectivity index (χ2n) is 8.55. The van der Waals surface area contributed by atoms with Crippen LogP contribution in [0.25, 0.3) is 0 Å². The van der Waals surface area contributed by atoms with Gasteiger partial charge in [0.1, 0.15) is 11.9 Å². The predicted octanol–water partition coefficient (Wildman–Crippen LogP) is 4.45. The Morgan fingerprint density at radius 3 is 2.52 bits per heavy atom. The van der Waals surface area contributed by atoms with Gasteiger partial charge in [-0.1, -0.05) is 30.3 Å². The van der Waals surface area contributed by atoms with Gasteiger partial charge in [-0.15, -0.1) is 16.4 Å². The van der Waals surface area contributed by atoms with E-state index in [1.54, 1.807) is 23.5 Å². The molecule has 1 aliphatic heterocycles. The summed E-state index contributed by atoms with van der Waals surface area (Å²) in [5.41, 5.74) is 4.89. The minimum atomic E-state index is -0.242. The third kappa shape index (κ3) is 4.67. The molecule has 33 heavy (non-hydrogen) atoms. The first-order chi connectivity index (χ1) is 16.1. The van der Waals surface area contributed by atoms with Crippen molar-refractivity contribution in [3.05, 3.63) is 93.2 Å². The van der Waals surface area contributed by atoms with Crippen LogP contribution in [0.15, 0.2) is 60.0 Å². The number of hydrogen-bond acceptors (Lipinski definition) is 6. The van der Waals surface area contributed by atoms with E-state index in [-0.39, 0.29) is 11.9 Å². The number of benzene rings is 2. The summed E-state index contributed by atoms with van der Waals surface area (Å²) in [6, 6.07) is 17.4. The van der Waals surface area contributed by atoms with E-state index in [0.29, 0.717) is 6.54 Å². The lowest BCUT2D eigenvalue weighted by atomic mass is 10.1. The average molecular weight is 463 g/mol. The number of aryl methyl sites for hydroxylation is 2. The van der Waals surface area contributed by atoms with Crippen LogP contribution in [0, 0.1) is 19.7 Å². The summed E-state index contributed by atoms with van der Waals surface area (Å²) in [6.07, 6.45) is 0. The molecule has 1 saturated heterocycles. The van der Waals surface area contributed by atoms with Crippen molar-refractivity contribution < 1.29 is 4.39 Å². The van der Waals surface area contributed by atoms with Crippen LogP contribution < -0.4 is 4.90 Å². The van der Waals surface area contributed by atoms with Crippen molar-refractivity contribution in [2.75, 3.05) is 31.1 Å². The number of anilines is 1. The highest BCUT2D eigenvalue weighted by Gasteiger charge is 2.31. The minimum absolute atomic E-state index is 0.0128. The fourth-order valence-electron chi connectivity index (χ4n) is 4.48. The summed E-state index contributed by atoms with van der Waals surface area (Å²) in [5.74, 6) is 0.579. The fraction of sp³-hybridized carbons (Fsp3) is 0.320. The Morgan fingerprint density at radius 1 is 1.00 bits per heavy atom. The van der Waals surface area contributed by atoms with E-state index >= 15 is 0 Å². The van der Waals surface area contributed by atoms with Gasteiger partial charge in [-0.25, -0.2) is 9.07 Å². The first-order valence-electron chi connectivity index (χ1n) is 11.2. The number of aromatic nitrogens is 4. The van der Waals surface area contributed by atoms with Gasteiger partial charge in [-0.3, -0.25) is 4.90 Å². The van der Waals surface area contributed by atoms with E-state index in [1.807, 2.05) is 4.68 Å². The van der Waals surface area contributed by atoms with E-state index in [0.717, 1.165) is 37.6 Å². The molecule has 1 fully saturated rings. The monoisotopic (exact) mass is 462 g/mol. The van der Waals surface area contributed by atoms with E-state index in [9.17, 15) is 4.39 Å². The number of halogens is 1. The summed E-state index contributed by atoms with van der Waals surface area (Å²) < 4.78 is 15.2. The number of thiophene rings is 1. The van der Waals surface area contributed by atoms with Gasteiger partial charge in [0.2, 0.25) is 0 Å². The van der Waals surface area contributed by atoms with Crippen molar-refractivity contribution in [2.45, 2.75) is 26.4 Å². The lowest BCUT2D eigenvalue weighted by Crippen LogP contribution is -2.48. The summed E-state index contributed by atoms with van der Waals surface area (Å²) in [7, 11) is 0. The Balaban J connectivity index is 1.39. The zero-order chi connectivity index (χ0) is 22.8. The van der Waals surface area contributed by atoms with Crippen LogP contribution in [0.1, 0.15) is 33.4 Å². The molecule has 0 spiro atoms. The third-order valence-electron chi connectivity index (χ3n) is 6.25. The molecule has 8 heteroatoms. The first-order valence-corrected chi connectivity index (χ1v) is 12.1. The second kappa shape index (κ2) is 9.41. The summed E-state index contributed by atoms with van der Waals surface area (Å²) in [6.45, 7) is 8.56. The molecule has 0 N–H and O–H groups in total. The largest absolute Gasteiger partial charge is 0.369 e. The lowest BCUT2D eigenvalue weighted by Gasteiger charge is -2.40. The van der Waals surface area contributed by atoms with Crippen molar-refractivity contribution >= 4 is 17.0 Å². The van der Waals surface area contributed by atoms with Crippen LogP contribution in [0.4, 0.5) is 10.1 Å². The minimum Gasteiger partial charge on any atom is -0.369 e. The molecule has 170 valence electrons. The van der Waals surface area contributed by atoms with E-state index in [4.69, 9.17) is 0 Å². The van der Waals surface area contributed by atoms with Crippen LogP contribution >= 0.6 is 11.3 Å². The highest BCUT2D eigenvalue weighted by atomic mass is 32.1. The number of piperazine rings is 1. The standard InChI is InChI=1S/C25H27FN6S/c1-18-5-6-19(2)22(16-18)30-11-13-31(14-12-30)24(23-4-3-15-33-23)25-27-28-29-32(25)17-20-7-9-21(26)10-8-20/h3-10,15-16,24H,11-14,17H2,1-2H3. The molecule has 3 heterocycles. The van der Waals surface area contributed by atoms with Gasteiger partial charge in [0.25, 0.3) is 0 Å². The molecule has 1 unspecified atom stereocenters. The molecule has 0 aliphatic carbocycles. The van der Waals surface area contributed by atoms with E-state index in [1.165, 1.54) is 33.8 Å². The van der Waals surface area contributed by atoms with Crippen molar-refractivity contribution in [1.29, 1.82) is 0 Å². The average Bonchev–Trinajstić information content (AvgIpc) is 3.51. The normalized spacial score (nSPS) is 15.7. The second-order valence-corrected chi connectivity index (χ2v) is 9.53. The van der Waals surface area contributed by atoms with Gasteiger partial charge in [-0.2, -0.15) is 0 Å². The Labute approximate surface area is 197 Å². The first kappa shape index (κ1) is 21.7. The molecule has 4 aromatic rings. The lowest BCUT2D eigenvalue weighted by molar-refractivity contribution is 0.203. The van der Waals surface area contributed by atoms with Gasteiger partial charge in [0.05, 0.1) is 6.54 Å². The van der Waals surface area contributed by atoms with Crippen molar-refractivity contribution in [3.63, 3.8) is 0 Å². The highest BCUT2D eigenvalue weighted by Crippen LogP contribution is 2.32. The Bertz CT molecular complexity index is 1200. The molecule has 2 aromatic carbocycles. The van der Waals surface area contributed by atoms with Gasteiger partial charge < -0.3 is 4.90 Å².